The standard InChI is InChI=1S/C14H18N4O/c1-3-18-11-12(9-15-18)10-17(2)14(19)16-13-7-5-4-6-8-13/h4-9,11H,3,10H2,1-2H3,(H,16,19). The van der Waals surface area contributed by atoms with Crippen molar-refractivity contribution in [1.29, 1.82) is 0 Å². The number of nitrogens with one attached hydrogen (secondary N) is 1. The van der Waals surface area contributed by atoms with Gasteiger partial charge in [0.15, 0.2) is 0 Å². The average Bonchev–Trinajstić information content (AvgIpc) is 2.87. The van der Waals surface area contributed by atoms with E-state index in [0.717, 1.165) is 17.8 Å². The lowest BCUT2D eigenvalue weighted by Gasteiger charge is -2.17. The van der Waals surface area contributed by atoms with Crippen molar-refractivity contribution in [2.75, 3.05) is 12.4 Å². The lowest BCUT2D eigenvalue weighted by atomic mass is 10.3. The number of amides is 2. The average molecular weight is 258 g/mol. The van der Waals surface area contributed by atoms with E-state index in [1.807, 2.05) is 48.1 Å². The maximum atomic E-state index is 12.0. The molecule has 5 heteroatoms. The highest BCUT2D eigenvalue weighted by atomic mass is 16.2. The predicted octanol–water partition coefficient (Wildman–Crippen LogP) is 2.57. The molecular weight excluding hydrogens is 240 g/mol. The van der Waals surface area contributed by atoms with Crippen LogP contribution < -0.4 is 5.32 Å². The van der Waals surface area contributed by atoms with Crippen molar-refractivity contribution >= 4 is 11.7 Å². The quantitative estimate of drug-likeness (QED) is 0.916. The molecule has 100 valence electrons. The second-order valence-electron chi connectivity index (χ2n) is 4.36. The summed E-state index contributed by atoms with van der Waals surface area (Å²) in [5.41, 5.74) is 1.82. The van der Waals surface area contributed by atoms with Gasteiger partial charge in [-0.25, -0.2) is 4.79 Å². The largest absolute Gasteiger partial charge is 0.323 e. The molecule has 0 radical (unpaired) electrons. The smallest absolute Gasteiger partial charge is 0.321 e. The number of carbonyl (C=O) groups excluding carboxylic acids is 1. The van der Waals surface area contributed by atoms with E-state index in [2.05, 4.69) is 10.4 Å². The van der Waals surface area contributed by atoms with Crippen LogP contribution in [-0.4, -0.2) is 27.8 Å². The molecule has 0 bridgehead atoms. The van der Waals surface area contributed by atoms with Gasteiger partial charge in [-0.1, -0.05) is 18.2 Å². The molecule has 2 amide bonds. The fourth-order valence-electron chi connectivity index (χ4n) is 1.75. The Morgan fingerprint density at radius 3 is 2.74 bits per heavy atom. The topological polar surface area (TPSA) is 50.2 Å². The van der Waals surface area contributed by atoms with Gasteiger partial charge in [-0.15, -0.1) is 0 Å². The third-order valence-electron chi connectivity index (χ3n) is 2.80. The number of para-hydroxylation sites is 1. The van der Waals surface area contributed by atoms with Crippen molar-refractivity contribution in [2.45, 2.75) is 20.0 Å². The number of hydrogen-bond donors (Lipinski definition) is 1. The second-order valence-corrected chi connectivity index (χ2v) is 4.36. The maximum Gasteiger partial charge on any atom is 0.321 e. The molecule has 0 aliphatic carbocycles. The number of carbonyl (C=O) groups is 1. The van der Waals surface area contributed by atoms with Gasteiger partial charge in [0.25, 0.3) is 0 Å². The number of anilines is 1. The Labute approximate surface area is 112 Å². The Morgan fingerprint density at radius 2 is 2.11 bits per heavy atom. The van der Waals surface area contributed by atoms with Gasteiger partial charge in [0.05, 0.1) is 12.7 Å². The predicted molar refractivity (Wildman–Crippen MR) is 74.8 cm³/mol. The molecule has 1 N–H and O–H groups in total. The first-order chi connectivity index (χ1) is 9.19. The number of aromatic nitrogens is 2. The molecule has 0 unspecified atom stereocenters. The molecule has 0 aliphatic heterocycles. The van der Waals surface area contributed by atoms with Crippen molar-refractivity contribution in [3.05, 3.63) is 48.3 Å². The van der Waals surface area contributed by atoms with Crippen molar-refractivity contribution in [2.24, 2.45) is 0 Å². The van der Waals surface area contributed by atoms with Crippen LogP contribution in [0.2, 0.25) is 0 Å². The molecule has 0 fully saturated rings. The van der Waals surface area contributed by atoms with Crippen molar-refractivity contribution in [3.63, 3.8) is 0 Å². The van der Waals surface area contributed by atoms with E-state index < -0.39 is 0 Å². The molecule has 0 spiro atoms. The Bertz CT molecular complexity index is 535. The first kappa shape index (κ1) is 13.1. The maximum absolute atomic E-state index is 12.0. The first-order valence-electron chi connectivity index (χ1n) is 6.27. The monoisotopic (exact) mass is 258 g/mol. The van der Waals surface area contributed by atoms with E-state index >= 15 is 0 Å². The van der Waals surface area contributed by atoms with Gasteiger partial charge in [-0.05, 0) is 19.1 Å². The number of rotatable bonds is 4. The van der Waals surface area contributed by atoms with E-state index in [0.29, 0.717) is 6.54 Å². The van der Waals surface area contributed by atoms with Crippen LogP contribution in [0.5, 0.6) is 0 Å². The number of benzene rings is 1. The van der Waals surface area contributed by atoms with Gasteiger partial charge >= 0.3 is 6.03 Å². The van der Waals surface area contributed by atoms with Crippen molar-refractivity contribution in [3.8, 4) is 0 Å². The minimum atomic E-state index is -0.129. The van der Waals surface area contributed by atoms with Gasteiger partial charge in [-0.2, -0.15) is 5.10 Å². The van der Waals surface area contributed by atoms with E-state index in [9.17, 15) is 4.79 Å². The highest BCUT2D eigenvalue weighted by Crippen LogP contribution is 2.08. The molecule has 2 aromatic rings. The summed E-state index contributed by atoms with van der Waals surface area (Å²) in [7, 11) is 1.77. The Morgan fingerprint density at radius 1 is 1.37 bits per heavy atom. The van der Waals surface area contributed by atoms with Gasteiger partial charge in [-0.3, -0.25) is 4.68 Å². The zero-order valence-electron chi connectivity index (χ0n) is 11.2. The van der Waals surface area contributed by atoms with Crippen LogP contribution >= 0.6 is 0 Å². The van der Waals surface area contributed by atoms with Crippen LogP contribution in [-0.2, 0) is 13.1 Å². The number of nitrogens with zero attached hydrogens (tertiary/aromatic N) is 3. The van der Waals surface area contributed by atoms with Crippen LogP contribution in [0, 0.1) is 0 Å². The van der Waals surface area contributed by atoms with Gasteiger partial charge in [0, 0.05) is 31.0 Å². The van der Waals surface area contributed by atoms with Crippen LogP contribution in [0.1, 0.15) is 12.5 Å². The zero-order chi connectivity index (χ0) is 13.7. The molecule has 0 aliphatic rings. The Balaban J connectivity index is 1.92. The normalized spacial score (nSPS) is 10.2. The highest BCUT2D eigenvalue weighted by Gasteiger charge is 2.10. The summed E-state index contributed by atoms with van der Waals surface area (Å²) in [6.45, 7) is 3.40. The fraction of sp³-hybridized carbons (Fsp3) is 0.286. The molecule has 1 aromatic heterocycles. The minimum Gasteiger partial charge on any atom is -0.323 e. The van der Waals surface area contributed by atoms with Crippen molar-refractivity contribution < 1.29 is 4.79 Å². The molecule has 1 aromatic carbocycles. The van der Waals surface area contributed by atoms with Gasteiger partial charge in [0.1, 0.15) is 0 Å². The molecule has 0 saturated heterocycles. The molecule has 1 heterocycles. The van der Waals surface area contributed by atoms with E-state index in [1.165, 1.54) is 0 Å². The number of urea groups is 1. The molecule has 0 saturated carbocycles. The molecule has 5 nitrogen and oxygen atoms in total. The summed E-state index contributed by atoms with van der Waals surface area (Å²) < 4.78 is 1.85. The molecule has 2 rings (SSSR count). The third kappa shape index (κ3) is 3.58. The summed E-state index contributed by atoms with van der Waals surface area (Å²) in [6, 6.07) is 9.29. The molecular formula is C14H18N4O. The zero-order valence-corrected chi connectivity index (χ0v) is 11.2. The van der Waals surface area contributed by atoms with Gasteiger partial charge in [0.2, 0.25) is 0 Å². The lowest BCUT2D eigenvalue weighted by molar-refractivity contribution is 0.220. The first-order valence-corrected chi connectivity index (χ1v) is 6.27. The Hall–Kier alpha value is -2.30. The van der Waals surface area contributed by atoms with Gasteiger partial charge < -0.3 is 10.2 Å². The highest BCUT2D eigenvalue weighted by molar-refractivity contribution is 5.89. The van der Waals surface area contributed by atoms with E-state index in [-0.39, 0.29) is 6.03 Å². The van der Waals surface area contributed by atoms with Crippen LogP contribution in [0.25, 0.3) is 0 Å². The van der Waals surface area contributed by atoms with E-state index in [4.69, 9.17) is 0 Å². The summed E-state index contributed by atoms with van der Waals surface area (Å²) in [4.78, 5) is 13.6. The van der Waals surface area contributed by atoms with Crippen LogP contribution in [0.15, 0.2) is 42.7 Å². The summed E-state index contributed by atoms with van der Waals surface area (Å²) in [5, 5.41) is 7.03. The van der Waals surface area contributed by atoms with Crippen LogP contribution in [0.3, 0.4) is 0 Å². The van der Waals surface area contributed by atoms with E-state index in [1.54, 1.807) is 18.1 Å². The van der Waals surface area contributed by atoms with Crippen LogP contribution in [0.4, 0.5) is 10.5 Å². The summed E-state index contributed by atoms with van der Waals surface area (Å²) in [5.74, 6) is 0. The third-order valence-corrected chi connectivity index (χ3v) is 2.80. The minimum absolute atomic E-state index is 0.129. The SMILES string of the molecule is CCn1cc(CN(C)C(=O)Nc2ccccc2)cn1. The second kappa shape index (κ2) is 6.04. The number of hydrogen-bond acceptors (Lipinski definition) is 2. The van der Waals surface area contributed by atoms with Crippen molar-refractivity contribution in [1.82, 2.24) is 14.7 Å². The number of aryl methyl sites for hydroxylation is 1. The summed E-state index contributed by atoms with van der Waals surface area (Å²) >= 11 is 0. The summed E-state index contributed by atoms with van der Waals surface area (Å²) in [6.07, 6.45) is 3.74. The molecule has 0 atom stereocenters. The molecule has 19 heavy (non-hydrogen) atoms. The Kier molecular flexibility index (Phi) is 4.18. The fourth-order valence-corrected chi connectivity index (χ4v) is 1.75. The lowest BCUT2D eigenvalue weighted by Crippen LogP contribution is -2.30.